The first kappa shape index (κ1) is 24.4. The van der Waals surface area contributed by atoms with E-state index in [1.807, 2.05) is 6.92 Å². The molecule has 2 aromatic rings. The maximum atomic E-state index is 12.4. The molecule has 0 unspecified atom stereocenters. The van der Waals surface area contributed by atoms with Crippen molar-refractivity contribution in [2.24, 2.45) is 5.92 Å². The molecule has 0 aliphatic heterocycles. The molecule has 0 aromatic heterocycles. The zero-order valence-electron chi connectivity index (χ0n) is 17.7. The van der Waals surface area contributed by atoms with Crippen LogP contribution < -0.4 is 25.6 Å². The molecular formula is C22H26ClN3O4S. The predicted octanol–water partition coefficient (Wildman–Crippen LogP) is 3.79. The van der Waals surface area contributed by atoms with Gasteiger partial charge in [0.15, 0.2) is 11.7 Å². The molecule has 0 saturated heterocycles. The summed E-state index contributed by atoms with van der Waals surface area (Å²) >= 11 is 10.9. The molecule has 0 fully saturated rings. The van der Waals surface area contributed by atoms with Crippen molar-refractivity contribution >= 4 is 40.7 Å². The summed E-state index contributed by atoms with van der Waals surface area (Å²) in [4.78, 5) is 24.3. The number of carbonyl (C=O) groups is 2. The minimum absolute atomic E-state index is 0.0489. The number of amides is 2. The number of carbonyl (C=O) groups excluding carboxylic acids is 2. The van der Waals surface area contributed by atoms with Gasteiger partial charge in [0.25, 0.3) is 11.8 Å². The molecule has 0 saturated carbocycles. The lowest BCUT2D eigenvalue weighted by atomic mass is 10.1. The number of halogens is 1. The summed E-state index contributed by atoms with van der Waals surface area (Å²) < 4.78 is 11.1. The fraction of sp³-hybridized carbons (Fsp3) is 0.318. The number of hydrogen-bond acceptors (Lipinski definition) is 5. The lowest BCUT2D eigenvalue weighted by Crippen LogP contribution is -2.49. The van der Waals surface area contributed by atoms with Crippen molar-refractivity contribution in [2.45, 2.75) is 27.2 Å². The van der Waals surface area contributed by atoms with Crippen molar-refractivity contribution in [1.29, 1.82) is 0 Å². The van der Waals surface area contributed by atoms with E-state index in [0.29, 0.717) is 34.6 Å². The molecule has 2 rings (SSSR count). The van der Waals surface area contributed by atoms with Crippen LogP contribution in [-0.4, -0.2) is 30.1 Å². The van der Waals surface area contributed by atoms with Crippen LogP contribution in [-0.2, 0) is 4.79 Å². The number of rotatable bonds is 8. The lowest BCUT2D eigenvalue weighted by Gasteiger charge is -2.13. The highest BCUT2D eigenvalue weighted by Crippen LogP contribution is 2.21. The number of hydrogen-bond donors (Lipinski definition) is 3. The SMILES string of the molecule is Cc1cc(Cl)ccc1OCC(=O)NNC(=S)NC(=O)c1cccc(OCCC(C)C)c1. The third-order valence-corrected chi connectivity index (χ3v) is 4.54. The standard InChI is InChI=1S/C22H26ClN3O4S/c1-14(2)9-10-29-18-6-4-5-16(12-18)21(28)24-22(31)26-25-20(27)13-30-19-8-7-17(23)11-15(19)3/h4-8,11-12,14H,9-10,13H2,1-3H3,(H,25,27)(H2,24,26,28,31). The monoisotopic (exact) mass is 463 g/mol. The van der Waals surface area contributed by atoms with Crippen LogP contribution in [0.5, 0.6) is 11.5 Å². The van der Waals surface area contributed by atoms with Gasteiger partial charge in [-0.2, -0.15) is 0 Å². The molecule has 0 aliphatic carbocycles. The minimum atomic E-state index is -0.466. The molecule has 2 amide bonds. The average molecular weight is 464 g/mol. The van der Waals surface area contributed by atoms with Crippen molar-refractivity contribution in [3.05, 3.63) is 58.6 Å². The Morgan fingerprint density at radius 1 is 1.10 bits per heavy atom. The van der Waals surface area contributed by atoms with Crippen LogP contribution >= 0.6 is 23.8 Å². The smallest absolute Gasteiger partial charge is 0.276 e. The van der Waals surface area contributed by atoms with Crippen LogP contribution in [0.3, 0.4) is 0 Å². The van der Waals surface area contributed by atoms with E-state index >= 15 is 0 Å². The van der Waals surface area contributed by atoms with Gasteiger partial charge in [0.2, 0.25) is 0 Å². The number of benzene rings is 2. The van der Waals surface area contributed by atoms with Crippen molar-refractivity contribution < 1.29 is 19.1 Å². The molecule has 9 heteroatoms. The molecule has 7 nitrogen and oxygen atoms in total. The molecule has 0 radical (unpaired) electrons. The molecule has 31 heavy (non-hydrogen) atoms. The summed E-state index contributed by atoms with van der Waals surface area (Å²) in [5.41, 5.74) is 6.04. The highest BCUT2D eigenvalue weighted by Gasteiger charge is 2.11. The normalized spacial score (nSPS) is 10.4. The zero-order chi connectivity index (χ0) is 22.8. The Hall–Kier alpha value is -2.84. The fourth-order valence-electron chi connectivity index (χ4n) is 2.43. The van der Waals surface area contributed by atoms with Gasteiger partial charge in [-0.3, -0.25) is 25.8 Å². The van der Waals surface area contributed by atoms with E-state index in [4.69, 9.17) is 33.3 Å². The number of aryl methyl sites for hydroxylation is 1. The second kappa shape index (κ2) is 12.1. The molecular weight excluding hydrogens is 438 g/mol. The zero-order valence-corrected chi connectivity index (χ0v) is 19.2. The molecule has 0 spiro atoms. The summed E-state index contributed by atoms with van der Waals surface area (Å²) in [6.45, 7) is 6.40. The number of thiocarbonyl (C=S) groups is 1. The van der Waals surface area contributed by atoms with Gasteiger partial charge in [0.1, 0.15) is 11.5 Å². The number of nitrogens with one attached hydrogen (secondary N) is 3. The van der Waals surface area contributed by atoms with Crippen LogP contribution in [0.25, 0.3) is 0 Å². The molecule has 0 aliphatic rings. The summed E-state index contributed by atoms with van der Waals surface area (Å²) in [6.07, 6.45) is 0.922. The Bertz CT molecular complexity index is 937. The van der Waals surface area contributed by atoms with Crippen LogP contribution in [0.1, 0.15) is 36.2 Å². The number of ether oxygens (including phenoxy) is 2. The van der Waals surface area contributed by atoms with Gasteiger partial charge in [-0.15, -0.1) is 0 Å². The van der Waals surface area contributed by atoms with E-state index in [1.54, 1.807) is 42.5 Å². The second-order valence-corrected chi connectivity index (χ2v) is 8.06. The van der Waals surface area contributed by atoms with E-state index in [1.165, 1.54) is 0 Å². The van der Waals surface area contributed by atoms with Crippen molar-refractivity contribution in [1.82, 2.24) is 16.2 Å². The lowest BCUT2D eigenvalue weighted by molar-refractivity contribution is -0.123. The van der Waals surface area contributed by atoms with E-state index in [0.717, 1.165) is 12.0 Å². The van der Waals surface area contributed by atoms with Crippen LogP contribution in [0, 0.1) is 12.8 Å². The maximum Gasteiger partial charge on any atom is 0.276 e. The average Bonchev–Trinajstić information content (AvgIpc) is 2.71. The van der Waals surface area contributed by atoms with Crippen LogP contribution in [0.4, 0.5) is 0 Å². The van der Waals surface area contributed by atoms with E-state index in [-0.39, 0.29) is 11.7 Å². The van der Waals surface area contributed by atoms with Gasteiger partial charge >= 0.3 is 0 Å². The van der Waals surface area contributed by atoms with Crippen LogP contribution in [0.15, 0.2) is 42.5 Å². The predicted molar refractivity (Wildman–Crippen MR) is 124 cm³/mol. The quantitative estimate of drug-likeness (QED) is 0.408. The first-order valence-electron chi connectivity index (χ1n) is 9.76. The largest absolute Gasteiger partial charge is 0.494 e. The van der Waals surface area contributed by atoms with E-state index in [2.05, 4.69) is 30.0 Å². The molecule has 3 N–H and O–H groups in total. The molecule has 0 heterocycles. The Morgan fingerprint density at radius 2 is 1.87 bits per heavy atom. The molecule has 0 bridgehead atoms. The van der Waals surface area contributed by atoms with Gasteiger partial charge in [-0.1, -0.05) is 31.5 Å². The Balaban J connectivity index is 1.76. The summed E-state index contributed by atoms with van der Waals surface area (Å²) in [5, 5.41) is 3.04. The maximum absolute atomic E-state index is 12.4. The Labute approximate surface area is 192 Å². The fourth-order valence-corrected chi connectivity index (χ4v) is 2.80. The minimum Gasteiger partial charge on any atom is -0.494 e. The van der Waals surface area contributed by atoms with E-state index < -0.39 is 11.8 Å². The highest BCUT2D eigenvalue weighted by atomic mass is 35.5. The molecule has 166 valence electrons. The second-order valence-electron chi connectivity index (χ2n) is 7.21. The first-order chi connectivity index (χ1) is 14.7. The molecule has 0 atom stereocenters. The Kier molecular flexibility index (Phi) is 9.55. The summed E-state index contributed by atoms with van der Waals surface area (Å²) in [7, 11) is 0. The van der Waals surface area contributed by atoms with Crippen LogP contribution in [0.2, 0.25) is 5.02 Å². The number of hydrazine groups is 1. The van der Waals surface area contributed by atoms with Gasteiger partial charge in [0, 0.05) is 10.6 Å². The third-order valence-electron chi connectivity index (χ3n) is 4.10. The van der Waals surface area contributed by atoms with Crippen molar-refractivity contribution in [3.8, 4) is 11.5 Å². The van der Waals surface area contributed by atoms with Gasteiger partial charge in [0.05, 0.1) is 6.61 Å². The third kappa shape index (κ3) is 8.82. The molecule has 2 aromatic carbocycles. The Morgan fingerprint density at radius 3 is 2.58 bits per heavy atom. The highest BCUT2D eigenvalue weighted by molar-refractivity contribution is 7.80. The van der Waals surface area contributed by atoms with Gasteiger partial charge in [-0.05, 0) is 73.4 Å². The first-order valence-corrected chi connectivity index (χ1v) is 10.5. The van der Waals surface area contributed by atoms with Crippen molar-refractivity contribution in [2.75, 3.05) is 13.2 Å². The van der Waals surface area contributed by atoms with Gasteiger partial charge < -0.3 is 9.47 Å². The van der Waals surface area contributed by atoms with Gasteiger partial charge in [-0.25, -0.2) is 0 Å². The summed E-state index contributed by atoms with van der Waals surface area (Å²) in [5.74, 6) is 0.799. The topological polar surface area (TPSA) is 88.7 Å². The summed E-state index contributed by atoms with van der Waals surface area (Å²) in [6, 6.07) is 11.9. The van der Waals surface area contributed by atoms with E-state index in [9.17, 15) is 9.59 Å². The van der Waals surface area contributed by atoms with Crippen molar-refractivity contribution in [3.63, 3.8) is 0 Å².